The summed E-state index contributed by atoms with van der Waals surface area (Å²) in [6.45, 7) is 8.24. The Morgan fingerprint density at radius 3 is 1.95 bits per heavy atom. The zero-order valence-corrected chi connectivity index (χ0v) is 24.0. The van der Waals surface area contributed by atoms with Crippen molar-refractivity contribution in [3.8, 4) is 0 Å². The second kappa shape index (κ2) is 17.5. The van der Waals surface area contributed by atoms with Crippen LogP contribution >= 0.6 is 11.6 Å². The molecule has 0 unspecified atom stereocenters. The number of nitrogens with zero attached hydrogens (tertiary/aromatic N) is 3. The highest BCUT2D eigenvalue weighted by atomic mass is 35.5. The molecule has 0 fully saturated rings. The van der Waals surface area contributed by atoms with Crippen molar-refractivity contribution in [2.24, 2.45) is 0 Å². The quantitative estimate of drug-likeness (QED) is 0.146. The lowest BCUT2D eigenvalue weighted by Gasteiger charge is -2.23. The van der Waals surface area contributed by atoms with Gasteiger partial charge in [0.15, 0.2) is 0 Å². The van der Waals surface area contributed by atoms with Crippen LogP contribution in [0.25, 0.3) is 0 Å². The average Bonchev–Trinajstić information content (AvgIpc) is 2.99. The van der Waals surface area contributed by atoms with Gasteiger partial charge in [-0.05, 0) is 85.6 Å². The van der Waals surface area contributed by atoms with Crippen LogP contribution in [0.5, 0.6) is 0 Å². The number of benzene rings is 2. The van der Waals surface area contributed by atoms with E-state index >= 15 is 0 Å². The first-order chi connectivity index (χ1) is 19.7. The summed E-state index contributed by atoms with van der Waals surface area (Å²) in [5.74, 6) is 0. The van der Waals surface area contributed by atoms with Crippen molar-refractivity contribution in [1.82, 2.24) is 30.8 Å². The summed E-state index contributed by atoms with van der Waals surface area (Å²) in [6, 6.07) is 29.2. The standard InChI is InChI=1S/C33H41ClN6/c34-31-8-5-7-28(23-31)15-19-36-24-29-11-13-30(14-12-29)27-40(22-20-37-26-33-10-2-4-18-39-33)21-6-16-35-25-32-9-1-3-17-38-32/h1-5,7-14,17-18,23,35-37H,6,15-16,19-22,24-27H2. The van der Waals surface area contributed by atoms with Crippen LogP contribution in [0.1, 0.15) is 34.5 Å². The third-order valence-electron chi connectivity index (χ3n) is 6.73. The fraction of sp³-hybridized carbons (Fsp3) is 0.333. The van der Waals surface area contributed by atoms with Gasteiger partial charge in [-0.1, -0.05) is 60.1 Å². The molecular weight excluding hydrogens is 516 g/mol. The van der Waals surface area contributed by atoms with Crippen LogP contribution in [0.4, 0.5) is 0 Å². The maximum absolute atomic E-state index is 6.10. The molecule has 0 aliphatic rings. The smallest absolute Gasteiger partial charge is 0.0541 e. The molecule has 0 aliphatic heterocycles. The number of pyridine rings is 2. The Bertz CT molecular complexity index is 1220. The number of aromatic nitrogens is 2. The molecule has 2 heterocycles. The predicted molar refractivity (Wildman–Crippen MR) is 165 cm³/mol. The van der Waals surface area contributed by atoms with Gasteiger partial charge in [-0.3, -0.25) is 14.9 Å². The zero-order valence-electron chi connectivity index (χ0n) is 23.2. The molecule has 4 aromatic rings. The second-order valence-corrected chi connectivity index (χ2v) is 10.4. The van der Waals surface area contributed by atoms with Crippen molar-refractivity contribution in [3.05, 3.63) is 130 Å². The summed E-state index contributed by atoms with van der Waals surface area (Å²) in [4.78, 5) is 11.3. The maximum atomic E-state index is 6.10. The minimum absolute atomic E-state index is 0.791. The summed E-state index contributed by atoms with van der Waals surface area (Å²) < 4.78 is 0. The SMILES string of the molecule is Clc1cccc(CCNCc2ccc(CN(CCCNCc3ccccn3)CCNCc3ccccn3)cc2)c1. The van der Waals surface area contributed by atoms with Crippen LogP contribution in [0.2, 0.25) is 5.02 Å². The van der Waals surface area contributed by atoms with Crippen molar-refractivity contribution in [1.29, 1.82) is 0 Å². The van der Waals surface area contributed by atoms with Gasteiger partial charge in [0.1, 0.15) is 0 Å². The molecule has 210 valence electrons. The molecule has 0 radical (unpaired) electrons. The van der Waals surface area contributed by atoms with Crippen molar-refractivity contribution < 1.29 is 0 Å². The molecule has 3 N–H and O–H groups in total. The molecule has 40 heavy (non-hydrogen) atoms. The molecule has 6 nitrogen and oxygen atoms in total. The van der Waals surface area contributed by atoms with E-state index in [-0.39, 0.29) is 0 Å². The first-order valence-corrected chi connectivity index (χ1v) is 14.6. The Balaban J connectivity index is 1.20. The molecule has 0 spiro atoms. The van der Waals surface area contributed by atoms with E-state index in [2.05, 4.69) is 73.3 Å². The number of hydrogen-bond acceptors (Lipinski definition) is 6. The Morgan fingerprint density at radius 2 is 1.27 bits per heavy atom. The third-order valence-corrected chi connectivity index (χ3v) is 6.97. The van der Waals surface area contributed by atoms with Gasteiger partial charge in [0, 0.05) is 56.7 Å². The number of hydrogen-bond donors (Lipinski definition) is 3. The number of nitrogens with one attached hydrogen (secondary N) is 3. The molecule has 0 saturated carbocycles. The number of rotatable bonds is 18. The molecule has 0 bridgehead atoms. The molecule has 2 aromatic heterocycles. The monoisotopic (exact) mass is 556 g/mol. The third kappa shape index (κ3) is 11.5. The van der Waals surface area contributed by atoms with E-state index in [1.54, 1.807) is 0 Å². The highest BCUT2D eigenvalue weighted by Gasteiger charge is 2.07. The highest BCUT2D eigenvalue weighted by Crippen LogP contribution is 2.11. The van der Waals surface area contributed by atoms with Gasteiger partial charge in [-0.25, -0.2) is 0 Å². The van der Waals surface area contributed by atoms with Crippen LogP contribution < -0.4 is 16.0 Å². The van der Waals surface area contributed by atoms with Gasteiger partial charge in [0.2, 0.25) is 0 Å². The van der Waals surface area contributed by atoms with Crippen LogP contribution in [-0.2, 0) is 32.6 Å². The van der Waals surface area contributed by atoms with E-state index in [0.29, 0.717) is 0 Å². The Labute approximate surface area is 244 Å². The van der Waals surface area contributed by atoms with Crippen molar-refractivity contribution in [2.75, 3.05) is 32.7 Å². The fourth-order valence-electron chi connectivity index (χ4n) is 4.55. The minimum atomic E-state index is 0.791. The molecule has 0 atom stereocenters. The highest BCUT2D eigenvalue weighted by molar-refractivity contribution is 6.30. The molecule has 0 amide bonds. The summed E-state index contributed by atoms with van der Waals surface area (Å²) >= 11 is 6.10. The largest absolute Gasteiger partial charge is 0.312 e. The predicted octanol–water partition coefficient (Wildman–Crippen LogP) is 5.23. The van der Waals surface area contributed by atoms with E-state index in [9.17, 15) is 0 Å². The Hall–Kier alpha value is -3.13. The first-order valence-electron chi connectivity index (χ1n) is 14.2. The zero-order chi connectivity index (χ0) is 27.7. The minimum Gasteiger partial charge on any atom is -0.312 e. The van der Waals surface area contributed by atoms with Gasteiger partial charge in [-0.2, -0.15) is 0 Å². The molecular formula is C33H41ClN6. The Morgan fingerprint density at radius 1 is 0.600 bits per heavy atom. The van der Waals surface area contributed by atoms with E-state index in [1.807, 2.05) is 54.9 Å². The first kappa shape index (κ1) is 29.8. The molecule has 0 saturated heterocycles. The summed E-state index contributed by atoms with van der Waals surface area (Å²) in [5.41, 5.74) is 6.06. The summed E-state index contributed by atoms with van der Waals surface area (Å²) in [7, 11) is 0. The van der Waals surface area contributed by atoms with Gasteiger partial charge in [0.25, 0.3) is 0 Å². The van der Waals surface area contributed by atoms with Crippen LogP contribution in [0, 0.1) is 0 Å². The average molecular weight is 557 g/mol. The van der Waals surface area contributed by atoms with Gasteiger partial charge < -0.3 is 16.0 Å². The normalized spacial score (nSPS) is 11.2. The van der Waals surface area contributed by atoms with Gasteiger partial charge in [-0.15, -0.1) is 0 Å². The van der Waals surface area contributed by atoms with Crippen molar-refractivity contribution >= 4 is 11.6 Å². The van der Waals surface area contributed by atoms with Gasteiger partial charge >= 0.3 is 0 Å². The second-order valence-electron chi connectivity index (χ2n) is 10.00. The Kier molecular flexibility index (Phi) is 13.1. The topological polar surface area (TPSA) is 65.1 Å². The lowest BCUT2D eigenvalue weighted by Crippen LogP contribution is -2.33. The van der Waals surface area contributed by atoms with E-state index < -0.39 is 0 Å². The lowest BCUT2D eigenvalue weighted by atomic mass is 10.1. The fourth-order valence-corrected chi connectivity index (χ4v) is 4.76. The summed E-state index contributed by atoms with van der Waals surface area (Å²) in [6.07, 6.45) is 5.75. The van der Waals surface area contributed by atoms with Crippen molar-refractivity contribution in [2.45, 2.75) is 39.0 Å². The van der Waals surface area contributed by atoms with E-state index in [0.717, 1.165) is 88.2 Å². The number of halogens is 1. The summed E-state index contributed by atoms with van der Waals surface area (Å²) in [5, 5.41) is 11.4. The maximum Gasteiger partial charge on any atom is 0.0541 e. The van der Waals surface area contributed by atoms with E-state index in [4.69, 9.17) is 11.6 Å². The van der Waals surface area contributed by atoms with Crippen molar-refractivity contribution in [3.63, 3.8) is 0 Å². The molecule has 7 heteroatoms. The van der Waals surface area contributed by atoms with E-state index in [1.165, 1.54) is 16.7 Å². The van der Waals surface area contributed by atoms with Crippen LogP contribution in [0.3, 0.4) is 0 Å². The van der Waals surface area contributed by atoms with Crippen LogP contribution in [-0.4, -0.2) is 47.6 Å². The van der Waals surface area contributed by atoms with Crippen LogP contribution in [0.15, 0.2) is 97.3 Å². The molecule has 0 aliphatic carbocycles. The molecule has 2 aromatic carbocycles. The van der Waals surface area contributed by atoms with Gasteiger partial charge in [0.05, 0.1) is 11.4 Å². The lowest BCUT2D eigenvalue weighted by molar-refractivity contribution is 0.260. The molecule has 4 rings (SSSR count).